The Morgan fingerprint density at radius 2 is 1.81 bits per heavy atom. The Hall–Kier alpha value is -1.10. The second-order valence-electron chi connectivity index (χ2n) is 6.58. The molecule has 0 saturated heterocycles. The van der Waals surface area contributed by atoms with Crippen molar-refractivity contribution in [3.63, 3.8) is 0 Å². The minimum absolute atomic E-state index is 0.0285. The van der Waals surface area contributed by atoms with E-state index in [1.165, 1.54) is 19.3 Å². The maximum absolute atomic E-state index is 12.2. The highest BCUT2D eigenvalue weighted by molar-refractivity contribution is 5.87. The molecule has 0 aromatic rings. The zero-order valence-corrected chi connectivity index (χ0v) is 13.9. The van der Waals surface area contributed by atoms with Crippen LogP contribution in [0.4, 0.5) is 0 Å². The first-order valence-electron chi connectivity index (χ1n) is 8.15. The third kappa shape index (κ3) is 5.30. The summed E-state index contributed by atoms with van der Waals surface area (Å²) in [5.41, 5.74) is 5.76. The van der Waals surface area contributed by atoms with Gasteiger partial charge >= 0.3 is 0 Å². The van der Waals surface area contributed by atoms with Gasteiger partial charge in [0.05, 0.1) is 12.6 Å². The van der Waals surface area contributed by atoms with Gasteiger partial charge < -0.3 is 16.0 Å². The molecule has 3 N–H and O–H groups in total. The van der Waals surface area contributed by atoms with Gasteiger partial charge in [0.25, 0.3) is 0 Å². The van der Waals surface area contributed by atoms with Crippen molar-refractivity contribution in [2.75, 3.05) is 13.6 Å². The zero-order valence-electron chi connectivity index (χ0n) is 13.9. The van der Waals surface area contributed by atoms with Crippen molar-refractivity contribution < 1.29 is 9.59 Å². The number of nitrogens with one attached hydrogen (secondary N) is 1. The van der Waals surface area contributed by atoms with Crippen molar-refractivity contribution in [3.05, 3.63) is 0 Å². The third-order valence-electron chi connectivity index (χ3n) is 4.77. The molecule has 1 aliphatic carbocycles. The molecular formula is C16H31N3O2. The van der Waals surface area contributed by atoms with Crippen LogP contribution >= 0.6 is 0 Å². The van der Waals surface area contributed by atoms with Gasteiger partial charge in [0, 0.05) is 13.1 Å². The van der Waals surface area contributed by atoms with Gasteiger partial charge in [0.1, 0.15) is 0 Å². The number of hydrogen-bond acceptors (Lipinski definition) is 3. The Morgan fingerprint density at radius 3 is 2.29 bits per heavy atom. The van der Waals surface area contributed by atoms with Crippen LogP contribution in [-0.2, 0) is 9.59 Å². The van der Waals surface area contributed by atoms with Crippen LogP contribution in [-0.4, -0.2) is 42.4 Å². The maximum Gasteiger partial charge on any atom is 0.241 e. The Bertz CT molecular complexity index is 349. The summed E-state index contributed by atoms with van der Waals surface area (Å²) in [4.78, 5) is 25.7. The normalized spacial score (nSPS) is 23.7. The number of nitrogens with two attached hydrogens (primary N) is 1. The minimum Gasteiger partial charge on any atom is -0.346 e. The highest BCUT2D eigenvalue weighted by atomic mass is 16.2. The van der Waals surface area contributed by atoms with Crippen LogP contribution in [0.15, 0.2) is 0 Å². The van der Waals surface area contributed by atoms with Gasteiger partial charge in [0.2, 0.25) is 11.8 Å². The van der Waals surface area contributed by atoms with E-state index in [1.807, 2.05) is 20.9 Å². The Morgan fingerprint density at radius 1 is 1.24 bits per heavy atom. The monoisotopic (exact) mass is 297 g/mol. The topological polar surface area (TPSA) is 75.4 Å². The first-order valence-corrected chi connectivity index (χ1v) is 8.15. The molecular weight excluding hydrogens is 266 g/mol. The lowest BCUT2D eigenvalue weighted by molar-refractivity contribution is -0.134. The summed E-state index contributed by atoms with van der Waals surface area (Å²) in [6.45, 7) is 6.06. The molecule has 0 radical (unpaired) electrons. The van der Waals surface area contributed by atoms with E-state index in [-0.39, 0.29) is 24.3 Å². The summed E-state index contributed by atoms with van der Waals surface area (Å²) in [5, 5.41) is 2.65. The van der Waals surface area contributed by atoms with Gasteiger partial charge in [-0.3, -0.25) is 9.59 Å². The van der Waals surface area contributed by atoms with Crippen molar-refractivity contribution in [1.82, 2.24) is 10.2 Å². The molecule has 0 aliphatic heterocycles. The van der Waals surface area contributed by atoms with Crippen LogP contribution < -0.4 is 11.1 Å². The second kappa shape index (κ2) is 8.37. The standard InChI is InChI=1S/C16H31N3O2/c1-5-12-6-8-13(9-7-12)19(4)14(20)10-18-16(21)15(17)11(2)3/h11-13,15H,5-10,17H2,1-4H3,(H,18,21)/t12?,13?,15-/m0/s1. The number of carbonyl (C=O) groups is 2. The lowest BCUT2D eigenvalue weighted by atomic mass is 9.84. The van der Waals surface area contributed by atoms with Crippen molar-refractivity contribution in [2.24, 2.45) is 17.6 Å². The van der Waals surface area contributed by atoms with Crippen LogP contribution in [0.25, 0.3) is 0 Å². The average molecular weight is 297 g/mol. The fraction of sp³-hybridized carbons (Fsp3) is 0.875. The van der Waals surface area contributed by atoms with E-state index in [4.69, 9.17) is 5.73 Å². The van der Waals surface area contributed by atoms with Gasteiger partial charge in [0.15, 0.2) is 0 Å². The van der Waals surface area contributed by atoms with Gasteiger partial charge in [-0.2, -0.15) is 0 Å². The van der Waals surface area contributed by atoms with Crippen LogP contribution in [0.1, 0.15) is 52.9 Å². The first kappa shape index (κ1) is 18.0. The summed E-state index contributed by atoms with van der Waals surface area (Å²) >= 11 is 0. The number of amides is 2. The molecule has 0 unspecified atom stereocenters. The number of rotatable bonds is 6. The number of nitrogens with zero attached hydrogens (tertiary/aromatic N) is 1. The molecule has 1 saturated carbocycles. The van der Waals surface area contributed by atoms with Crippen molar-refractivity contribution in [2.45, 2.75) is 65.0 Å². The highest BCUT2D eigenvalue weighted by Gasteiger charge is 2.26. The number of likely N-dealkylation sites (N-methyl/N-ethyl adjacent to an activating group) is 1. The molecule has 0 aromatic heterocycles. The lowest BCUT2D eigenvalue weighted by Gasteiger charge is -2.34. The molecule has 5 nitrogen and oxygen atoms in total. The van der Waals surface area contributed by atoms with Gasteiger partial charge in [-0.1, -0.05) is 27.2 Å². The summed E-state index contributed by atoms with van der Waals surface area (Å²) in [7, 11) is 1.84. The molecule has 2 amide bonds. The van der Waals surface area contributed by atoms with Crippen LogP contribution in [0.3, 0.4) is 0 Å². The Balaban J connectivity index is 2.36. The maximum atomic E-state index is 12.2. The van der Waals surface area contributed by atoms with Crippen LogP contribution in [0, 0.1) is 11.8 Å². The summed E-state index contributed by atoms with van der Waals surface area (Å²) in [6, 6.07) is -0.237. The smallest absolute Gasteiger partial charge is 0.241 e. The van der Waals surface area contributed by atoms with E-state index in [9.17, 15) is 9.59 Å². The van der Waals surface area contributed by atoms with E-state index in [0.29, 0.717) is 6.04 Å². The molecule has 1 fully saturated rings. The molecule has 0 spiro atoms. The predicted octanol–water partition coefficient (Wildman–Crippen LogP) is 1.51. The molecule has 1 rings (SSSR count). The largest absolute Gasteiger partial charge is 0.346 e. The van der Waals surface area contributed by atoms with Gasteiger partial charge in [-0.15, -0.1) is 0 Å². The van der Waals surface area contributed by atoms with E-state index >= 15 is 0 Å². The van der Waals surface area contributed by atoms with Gasteiger partial charge in [-0.05, 0) is 37.5 Å². The second-order valence-corrected chi connectivity index (χ2v) is 6.58. The fourth-order valence-electron chi connectivity index (χ4n) is 2.85. The zero-order chi connectivity index (χ0) is 16.0. The fourth-order valence-corrected chi connectivity index (χ4v) is 2.85. The van der Waals surface area contributed by atoms with E-state index in [2.05, 4.69) is 12.2 Å². The summed E-state index contributed by atoms with van der Waals surface area (Å²) in [6.07, 6.45) is 5.76. The van der Waals surface area contributed by atoms with E-state index in [0.717, 1.165) is 18.8 Å². The van der Waals surface area contributed by atoms with E-state index < -0.39 is 6.04 Å². The summed E-state index contributed by atoms with van der Waals surface area (Å²) in [5.74, 6) is 0.608. The predicted molar refractivity (Wildman–Crippen MR) is 84.6 cm³/mol. The average Bonchev–Trinajstić information content (AvgIpc) is 2.50. The molecule has 1 atom stereocenters. The molecule has 0 bridgehead atoms. The van der Waals surface area contributed by atoms with Crippen LogP contribution in [0.5, 0.6) is 0 Å². The van der Waals surface area contributed by atoms with Crippen molar-refractivity contribution in [3.8, 4) is 0 Å². The number of carbonyl (C=O) groups excluding carboxylic acids is 2. The first-order chi connectivity index (χ1) is 9.86. The molecule has 21 heavy (non-hydrogen) atoms. The molecule has 122 valence electrons. The molecule has 5 heteroatoms. The lowest BCUT2D eigenvalue weighted by Crippen LogP contribution is -2.49. The highest BCUT2D eigenvalue weighted by Crippen LogP contribution is 2.28. The third-order valence-corrected chi connectivity index (χ3v) is 4.77. The molecule has 0 heterocycles. The molecule has 0 aromatic carbocycles. The minimum atomic E-state index is -0.553. The van der Waals surface area contributed by atoms with Crippen LogP contribution in [0.2, 0.25) is 0 Å². The number of hydrogen-bond donors (Lipinski definition) is 2. The Kier molecular flexibility index (Phi) is 7.15. The summed E-state index contributed by atoms with van der Waals surface area (Å²) < 4.78 is 0. The quantitative estimate of drug-likeness (QED) is 0.780. The van der Waals surface area contributed by atoms with Crippen molar-refractivity contribution in [1.29, 1.82) is 0 Å². The molecule has 1 aliphatic rings. The van der Waals surface area contributed by atoms with Gasteiger partial charge in [-0.25, -0.2) is 0 Å². The Labute approximate surface area is 128 Å². The van der Waals surface area contributed by atoms with E-state index in [1.54, 1.807) is 4.90 Å². The SMILES string of the molecule is CCC1CCC(N(C)C(=O)CNC(=O)[C@@H](N)C(C)C)CC1. The van der Waals surface area contributed by atoms with Crippen molar-refractivity contribution >= 4 is 11.8 Å².